The van der Waals surface area contributed by atoms with Crippen LogP contribution in [0.4, 0.5) is 4.79 Å². The highest BCUT2D eigenvalue weighted by atomic mass is 32.2. The molecule has 2 N–H and O–H groups in total. The van der Waals surface area contributed by atoms with Crippen LogP contribution in [-0.4, -0.2) is 30.0 Å². The number of nitrogens with zero attached hydrogens (tertiary/aromatic N) is 2. The summed E-state index contributed by atoms with van der Waals surface area (Å²) < 4.78 is 5.14. The number of rotatable bonds is 6. The lowest BCUT2D eigenvalue weighted by atomic mass is 9.92. The number of ether oxygens (including phenoxy) is 1. The molecule has 1 fully saturated rings. The minimum Gasteiger partial charge on any atom is -0.497 e. The Labute approximate surface area is 200 Å². The summed E-state index contributed by atoms with van der Waals surface area (Å²) in [6.07, 6.45) is 0. The van der Waals surface area contributed by atoms with Crippen molar-refractivity contribution in [1.29, 1.82) is 5.26 Å². The van der Waals surface area contributed by atoms with Crippen LogP contribution in [0.25, 0.3) is 0 Å². The standard InChI is InChI=1S/C25H20N4O4S/c1-25(17-11-13-18(33-2)14-12-17)23(31)29(24(32)27-25)28-22(30)19-8-4-6-10-21(19)34-20-9-5-3-7-16(20)15-26/h3-14H,1-2H3,(H,27,32)(H,28,30)/t25-/m1/s1. The average molecular weight is 473 g/mol. The normalized spacial score (nSPS) is 17.1. The highest BCUT2D eigenvalue weighted by Gasteiger charge is 2.50. The number of benzene rings is 3. The summed E-state index contributed by atoms with van der Waals surface area (Å²) in [7, 11) is 1.53. The van der Waals surface area contributed by atoms with Gasteiger partial charge in [0.05, 0.1) is 18.2 Å². The minimum atomic E-state index is -1.35. The molecule has 1 atom stereocenters. The van der Waals surface area contributed by atoms with Gasteiger partial charge in [-0.05, 0) is 48.9 Å². The Morgan fingerprint density at radius 3 is 2.35 bits per heavy atom. The molecule has 0 aliphatic carbocycles. The molecule has 170 valence electrons. The number of methoxy groups -OCH3 is 1. The molecule has 0 saturated carbocycles. The van der Waals surface area contributed by atoms with Crippen LogP contribution in [0.1, 0.15) is 28.4 Å². The van der Waals surface area contributed by atoms with Crippen molar-refractivity contribution in [3.8, 4) is 11.8 Å². The molecule has 0 spiro atoms. The number of nitriles is 1. The molecule has 4 rings (SSSR count). The summed E-state index contributed by atoms with van der Waals surface area (Å²) in [4.78, 5) is 40.2. The van der Waals surface area contributed by atoms with Crippen LogP contribution in [0.3, 0.4) is 0 Å². The average Bonchev–Trinajstić information content (AvgIpc) is 3.08. The van der Waals surface area contributed by atoms with Gasteiger partial charge < -0.3 is 10.1 Å². The molecule has 0 bridgehead atoms. The summed E-state index contributed by atoms with van der Waals surface area (Å²) in [5.74, 6) is -0.627. The van der Waals surface area contributed by atoms with Gasteiger partial charge in [0.25, 0.3) is 11.8 Å². The molecule has 0 unspecified atom stereocenters. The Balaban J connectivity index is 1.57. The van der Waals surface area contributed by atoms with Crippen molar-refractivity contribution in [1.82, 2.24) is 15.8 Å². The highest BCUT2D eigenvalue weighted by Crippen LogP contribution is 2.33. The maximum Gasteiger partial charge on any atom is 0.344 e. The van der Waals surface area contributed by atoms with Gasteiger partial charge in [-0.3, -0.25) is 15.0 Å². The monoisotopic (exact) mass is 472 g/mol. The summed E-state index contributed by atoms with van der Waals surface area (Å²) in [5, 5.41) is 12.7. The van der Waals surface area contributed by atoms with E-state index in [4.69, 9.17) is 4.74 Å². The summed E-state index contributed by atoms with van der Waals surface area (Å²) in [6, 6.07) is 22.0. The van der Waals surface area contributed by atoms with Crippen LogP contribution in [0.5, 0.6) is 5.75 Å². The first-order valence-corrected chi connectivity index (χ1v) is 11.1. The predicted molar refractivity (Wildman–Crippen MR) is 125 cm³/mol. The largest absolute Gasteiger partial charge is 0.497 e. The number of carbonyl (C=O) groups is 3. The Kier molecular flexibility index (Phi) is 6.25. The van der Waals surface area contributed by atoms with Crippen LogP contribution < -0.4 is 15.5 Å². The van der Waals surface area contributed by atoms with Crippen molar-refractivity contribution < 1.29 is 19.1 Å². The summed E-state index contributed by atoms with van der Waals surface area (Å²) >= 11 is 1.25. The predicted octanol–water partition coefficient (Wildman–Crippen LogP) is 3.83. The van der Waals surface area contributed by atoms with Crippen LogP contribution in [0.2, 0.25) is 0 Å². The lowest BCUT2D eigenvalue weighted by molar-refractivity contribution is -0.132. The third-order valence-corrected chi connectivity index (χ3v) is 6.58. The first-order chi connectivity index (χ1) is 16.4. The van der Waals surface area contributed by atoms with Gasteiger partial charge in [0, 0.05) is 9.79 Å². The fourth-order valence-corrected chi connectivity index (χ4v) is 4.56. The van der Waals surface area contributed by atoms with E-state index in [2.05, 4.69) is 16.8 Å². The fraction of sp³-hybridized carbons (Fsp3) is 0.120. The third-order valence-electron chi connectivity index (χ3n) is 5.43. The van der Waals surface area contributed by atoms with Crippen molar-refractivity contribution in [3.63, 3.8) is 0 Å². The molecule has 0 radical (unpaired) electrons. The zero-order valence-corrected chi connectivity index (χ0v) is 19.2. The van der Waals surface area contributed by atoms with E-state index in [1.54, 1.807) is 79.7 Å². The maximum atomic E-state index is 13.2. The molecule has 3 aromatic carbocycles. The quantitative estimate of drug-likeness (QED) is 0.528. The van der Waals surface area contributed by atoms with Crippen LogP contribution in [-0.2, 0) is 10.3 Å². The zero-order valence-electron chi connectivity index (χ0n) is 18.4. The van der Waals surface area contributed by atoms with Gasteiger partial charge in [-0.15, -0.1) is 0 Å². The maximum absolute atomic E-state index is 13.2. The number of hydrogen-bond acceptors (Lipinski definition) is 6. The molecule has 1 aliphatic rings. The van der Waals surface area contributed by atoms with Gasteiger partial charge in [-0.25, -0.2) is 4.79 Å². The van der Waals surface area contributed by atoms with Gasteiger partial charge in [0.2, 0.25) is 0 Å². The second-order valence-corrected chi connectivity index (χ2v) is 8.66. The van der Waals surface area contributed by atoms with E-state index in [1.165, 1.54) is 18.9 Å². The number of urea groups is 1. The number of hydrazine groups is 1. The minimum absolute atomic E-state index is 0.263. The summed E-state index contributed by atoms with van der Waals surface area (Å²) in [5.41, 5.74) is 2.37. The van der Waals surface area contributed by atoms with Crippen LogP contribution in [0, 0.1) is 11.3 Å². The lowest BCUT2D eigenvalue weighted by Crippen LogP contribution is -2.48. The fourth-order valence-electron chi connectivity index (χ4n) is 3.53. The molecule has 1 heterocycles. The Morgan fingerprint density at radius 1 is 1.03 bits per heavy atom. The van der Waals surface area contributed by atoms with E-state index in [1.807, 2.05) is 0 Å². The van der Waals surface area contributed by atoms with Crippen LogP contribution >= 0.6 is 11.8 Å². The van der Waals surface area contributed by atoms with Gasteiger partial charge >= 0.3 is 6.03 Å². The number of nitrogens with one attached hydrogen (secondary N) is 2. The van der Waals surface area contributed by atoms with E-state index in [9.17, 15) is 19.6 Å². The molecule has 34 heavy (non-hydrogen) atoms. The van der Waals surface area contributed by atoms with E-state index in [-0.39, 0.29) is 5.56 Å². The molecule has 9 heteroatoms. The topological polar surface area (TPSA) is 112 Å². The van der Waals surface area contributed by atoms with Crippen molar-refractivity contribution in [2.45, 2.75) is 22.3 Å². The Morgan fingerprint density at radius 2 is 1.68 bits per heavy atom. The zero-order chi connectivity index (χ0) is 24.3. The molecular weight excluding hydrogens is 452 g/mol. The Bertz CT molecular complexity index is 1320. The van der Waals surface area contributed by atoms with E-state index in [0.29, 0.717) is 31.7 Å². The number of imide groups is 1. The smallest absolute Gasteiger partial charge is 0.344 e. The highest BCUT2D eigenvalue weighted by molar-refractivity contribution is 7.99. The third kappa shape index (κ3) is 4.19. The van der Waals surface area contributed by atoms with Crippen molar-refractivity contribution in [2.75, 3.05) is 7.11 Å². The molecule has 1 saturated heterocycles. The molecule has 4 amide bonds. The first-order valence-electron chi connectivity index (χ1n) is 10.3. The van der Waals surface area contributed by atoms with Crippen molar-refractivity contribution >= 4 is 29.6 Å². The van der Waals surface area contributed by atoms with Crippen molar-refractivity contribution in [2.24, 2.45) is 0 Å². The van der Waals surface area contributed by atoms with Gasteiger partial charge in [0.15, 0.2) is 0 Å². The number of carbonyl (C=O) groups excluding carboxylic acids is 3. The molecular formula is C25H20N4O4S. The molecule has 3 aromatic rings. The van der Waals surface area contributed by atoms with Gasteiger partial charge in [-0.1, -0.05) is 48.2 Å². The van der Waals surface area contributed by atoms with E-state index >= 15 is 0 Å². The van der Waals surface area contributed by atoms with Gasteiger partial charge in [-0.2, -0.15) is 10.3 Å². The van der Waals surface area contributed by atoms with Crippen LogP contribution in [0.15, 0.2) is 82.6 Å². The Hall–Kier alpha value is -4.29. The number of hydrogen-bond donors (Lipinski definition) is 2. The first kappa shape index (κ1) is 22.9. The molecule has 0 aromatic heterocycles. The van der Waals surface area contributed by atoms with E-state index in [0.717, 1.165) is 0 Å². The van der Waals surface area contributed by atoms with E-state index < -0.39 is 23.4 Å². The number of amides is 4. The van der Waals surface area contributed by atoms with Gasteiger partial charge in [0.1, 0.15) is 17.4 Å². The molecule has 1 aliphatic heterocycles. The SMILES string of the molecule is COc1ccc([C@@]2(C)NC(=O)N(NC(=O)c3ccccc3Sc3ccccc3C#N)C2=O)cc1. The second kappa shape index (κ2) is 9.29. The molecule has 8 nitrogen and oxygen atoms in total. The summed E-state index contributed by atoms with van der Waals surface area (Å²) in [6.45, 7) is 1.57. The van der Waals surface area contributed by atoms with Crippen molar-refractivity contribution in [3.05, 3.63) is 89.5 Å². The lowest BCUT2D eigenvalue weighted by Gasteiger charge is -2.22. The second-order valence-electron chi connectivity index (χ2n) is 7.57.